The van der Waals surface area contributed by atoms with E-state index in [4.69, 9.17) is 10.5 Å². The van der Waals surface area contributed by atoms with Gasteiger partial charge in [0.2, 0.25) is 5.92 Å². The molecule has 2 aliphatic rings. The second-order valence-corrected chi connectivity index (χ2v) is 7.07. The zero-order valence-electron chi connectivity index (χ0n) is 12.4. The molecule has 2 rings (SSSR count). The number of amides is 1. The lowest BCUT2D eigenvalue weighted by Crippen LogP contribution is -2.56. The van der Waals surface area contributed by atoms with E-state index < -0.39 is 17.6 Å². The largest absolute Gasteiger partial charge is 0.444 e. The molecular weight excluding hydrogens is 266 g/mol. The lowest BCUT2D eigenvalue weighted by atomic mass is 9.67. The minimum Gasteiger partial charge on any atom is -0.444 e. The molecule has 0 aromatic carbocycles. The van der Waals surface area contributed by atoms with E-state index in [1.54, 1.807) is 25.7 Å². The number of likely N-dealkylation sites (tertiary alicyclic amines) is 1. The molecular formula is C14H24F2N2O2. The van der Waals surface area contributed by atoms with E-state index in [0.717, 1.165) is 0 Å². The molecule has 1 saturated heterocycles. The first-order valence-electron chi connectivity index (χ1n) is 7.17. The topological polar surface area (TPSA) is 55.6 Å². The van der Waals surface area contributed by atoms with Gasteiger partial charge < -0.3 is 15.4 Å². The van der Waals surface area contributed by atoms with Gasteiger partial charge in [0.25, 0.3) is 0 Å². The van der Waals surface area contributed by atoms with Gasteiger partial charge in [-0.3, -0.25) is 0 Å². The number of nitrogens with two attached hydrogens (primary N) is 1. The summed E-state index contributed by atoms with van der Waals surface area (Å²) in [4.78, 5) is 13.7. The second kappa shape index (κ2) is 5.13. The van der Waals surface area contributed by atoms with Gasteiger partial charge in [-0.05, 0) is 45.1 Å². The molecule has 0 aromatic heterocycles. The van der Waals surface area contributed by atoms with Crippen molar-refractivity contribution in [1.29, 1.82) is 0 Å². The Morgan fingerprint density at radius 3 is 2.20 bits per heavy atom. The molecule has 1 amide bonds. The van der Waals surface area contributed by atoms with E-state index >= 15 is 0 Å². The molecule has 0 spiro atoms. The summed E-state index contributed by atoms with van der Waals surface area (Å²) in [5.74, 6) is -2.99. The monoisotopic (exact) mass is 290 g/mol. The first-order valence-corrected chi connectivity index (χ1v) is 7.17. The normalized spacial score (nSPS) is 32.9. The van der Waals surface area contributed by atoms with Crippen LogP contribution in [0.5, 0.6) is 0 Å². The van der Waals surface area contributed by atoms with Crippen LogP contribution in [0.2, 0.25) is 0 Å². The Balaban J connectivity index is 2.07. The van der Waals surface area contributed by atoms with Gasteiger partial charge in [0.15, 0.2) is 0 Å². The van der Waals surface area contributed by atoms with Crippen molar-refractivity contribution in [3.63, 3.8) is 0 Å². The fraction of sp³-hybridized carbons (Fsp3) is 0.929. The number of alkyl halides is 2. The average Bonchev–Trinajstić information content (AvgIpc) is 2.23. The number of rotatable bonds is 1. The van der Waals surface area contributed by atoms with E-state index in [0.29, 0.717) is 19.6 Å². The summed E-state index contributed by atoms with van der Waals surface area (Å²) in [7, 11) is 0. The van der Waals surface area contributed by atoms with Gasteiger partial charge in [-0.1, -0.05) is 0 Å². The molecule has 2 unspecified atom stereocenters. The summed E-state index contributed by atoms with van der Waals surface area (Å²) in [6, 6.07) is 0. The van der Waals surface area contributed by atoms with Crippen molar-refractivity contribution in [3.8, 4) is 0 Å². The molecule has 0 aromatic rings. The molecule has 1 saturated carbocycles. The highest BCUT2D eigenvalue weighted by molar-refractivity contribution is 5.68. The van der Waals surface area contributed by atoms with Crippen LogP contribution < -0.4 is 5.73 Å². The first kappa shape index (κ1) is 15.5. The van der Waals surface area contributed by atoms with Gasteiger partial charge >= 0.3 is 6.09 Å². The molecule has 1 aliphatic heterocycles. The number of hydrogen-bond donors (Lipinski definition) is 1. The number of fused-ring (bicyclic) bond motifs is 2. The van der Waals surface area contributed by atoms with Crippen LogP contribution in [0.1, 0.15) is 33.6 Å². The number of carbonyl (C=O) groups is 1. The highest BCUT2D eigenvalue weighted by atomic mass is 19.3. The fourth-order valence-electron chi connectivity index (χ4n) is 3.44. The Bertz CT molecular complexity index is 364. The molecule has 6 heteroatoms. The van der Waals surface area contributed by atoms with Crippen LogP contribution in [-0.4, -0.2) is 42.2 Å². The van der Waals surface area contributed by atoms with E-state index in [9.17, 15) is 13.6 Å². The fourth-order valence-corrected chi connectivity index (χ4v) is 3.44. The minimum atomic E-state index is -2.62. The maximum absolute atomic E-state index is 13.7. The predicted molar refractivity (Wildman–Crippen MR) is 71.5 cm³/mol. The van der Waals surface area contributed by atoms with Crippen LogP contribution in [0.4, 0.5) is 13.6 Å². The van der Waals surface area contributed by atoms with Gasteiger partial charge in [0.1, 0.15) is 5.60 Å². The third kappa shape index (κ3) is 3.40. The molecule has 4 nitrogen and oxygen atoms in total. The highest BCUT2D eigenvalue weighted by Gasteiger charge is 2.50. The predicted octanol–water partition coefficient (Wildman–Crippen LogP) is 2.47. The number of ether oxygens (including phenoxy) is 1. The summed E-state index contributed by atoms with van der Waals surface area (Å²) in [5.41, 5.74) is 5.16. The van der Waals surface area contributed by atoms with Gasteiger partial charge in [-0.25, -0.2) is 13.6 Å². The van der Waals surface area contributed by atoms with Gasteiger partial charge in [0, 0.05) is 25.9 Å². The van der Waals surface area contributed by atoms with E-state index in [1.807, 2.05) is 0 Å². The summed E-state index contributed by atoms with van der Waals surface area (Å²) in [6.07, 6.45) is -0.761. The smallest absolute Gasteiger partial charge is 0.410 e. The van der Waals surface area contributed by atoms with Crippen molar-refractivity contribution in [2.24, 2.45) is 23.5 Å². The maximum atomic E-state index is 13.7. The Morgan fingerprint density at radius 2 is 1.80 bits per heavy atom. The van der Waals surface area contributed by atoms with Crippen molar-refractivity contribution in [1.82, 2.24) is 4.90 Å². The standard InChI is InChI=1S/C14H24F2N2O2/c1-13(2,3)20-12(19)18-7-9-4-14(15,16)5-10(8-18)11(9)6-17/h9-11H,4-8,17H2,1-3H3. The minimum absolute atomic E-state index is 0.0910. The summed E-state index contributed by atoms with van der Waals surface area (Å²) < 4.78 is 32.7. The van der Waals surface area contributed by atoms with Crippen molar-refractivity contribution >= 4 is 6.09 Å². The number of hydrogen-bond acceptors (Lipinski definition) is 3. The molecule has 1 heterocycles. The van der Waals surface area contributed by atoms with Crippen molar-refractivity contribution in [2.75, 3.05) is 19.6 Å². The zero-order valence-corrected chi connectivity index (χ0v) is 12.4. The Morgan fingerprint density at radius 1 is 1.30 bits per heavy atom. The van der Waals surface area contributed by atoms with Crippen molar-refractivity contribution in [3.05, 3.63) is 0 Å². The Hall–Kier alpha value is -0.910. The SMILES string of the molecule is CC(C)(C)OC(=O)N1CC2CC(F)(F)CC(C1)C2CN. The molecule has 2 fully saturated rings. The molecule has 20 heavy (non-hydrogen) atoms. The van der Waals surface area contributed by atoms with Gasteiger partial charge in [-0.15, -0.1) is 0 Å². The molecule has 2 N–H and O–H groups in total. The molecule has 116 valence electrons. The lowest BCUT2D eigenvalue weighted by Gasteiger charge is -2.49. The van der Waals surface area contributed by atoms with E-state index in [-0.39, 0.29) is 30.6 Å². The van der Waals surface area contributed by atoms with Crippen LogP contribution in [0.15, 0.2) is 0 Å². The third-order valence-corrected chi connectivity index (χ3v) is 4.17. The summed E-state index contributed by atoms with van der Waals surface area (Å²) in [6.45, 7) is 6.45. The van der Waals surface area contributed by atoms with Gasteiger partial charge in [-0.2, -0.15) is 0 Å². The van der Waals surface area contributed by atoms with E-state index in [2.05, 4.69) is 0 Å². The highest BCUT2D eigenvalue weighted by Crippen LogP contribution is 2.46. The lowest BCUT2D eigenvalue weighted by molar-refractivity contribution is -0.122. The van der Waals surface area contributed by atoms with Crippen LogP contribution in [0, 0.1) is 17.8 Å². The number of halogens is 2. The van der Waals surface area contributed by atoms with Crippen molar-refractivity contribution < 1.29 is 18.3 Å². The number of nitrogens with zero attached hydrogens (tertiary/aromatic N) is 1. The zero-order chi connectivity index (χ0) is 15.1. The number of carbonyl (C=O) groups excluding carboxylic acids is 1. The Labute approximate surface area is 118 Å². The maximum Gasteiger partial charge on any atom is 0.410 e. The summed E-state index contributed by atoms with van der Waals surface area (Å²) in [5, 5.41) is 0. The first-order chi connectivity index (χ1) is 9.11. The average molecular weight is 290 g/mol. The van der Waals surface area contributed by atoms with Crippen LogP contribution in [-0.2, 0) is 4.74 Å². The van der Waals surface area contributed by atoms with E-state index in [1.165, 1.54) is 0 Å². The Kier molecular flexibility index (Phi) is 3.97. The molecule has 1 aliphatic carbocycles. The molecule has 0 radical (unpaired) electrons. The summed E-state index contributed by atoms with van der Waals surface area (Å²) >= 11 is 0. The van der Waals surface area contributed by atoms with Crippen LogP contribution >= 0.6 is 0 Å². The van der Waals surface area contributed by atoms with Crippen LogP contribution in [0.25, 0.3) is 0 Å². The van der Waals surface area contributed by atoms with Crippen molar-refractivity contribution in [2.45, 2.75) is 45.1 Å². The second-order valence-electron chi connectivity index (χ2n) is 7.07. The van der Waals surface area contributed by atoms with Gasteiger partial charge in [0.05, 0.1) is 0 Å². The quantitative estimate of drug-likeness (QED) is 0.807. The third-order valence-electron chi connectivity index (χ3n) is 4.17. The molecule has 2 bridgehead atoms. The molecule has 2 atom stereocenters. The van der Waals surface area contributed by atoms with Crippen LogP contribution in [0.3, 0.4) is 0 Å². The number of piperidine rings is 1.